The number of hydrogen-bond acceptors (Lipinski definition) is 4. The summed E-state index contributed by atoms with van der Waals surface area (Å²) in [5.74, 6) is 2.24. The van der Waals surface area contributed by atoms with E-state index in [-0.39, 0.29) is 12.5 Å². The van der Waals surface area contributed by atoms with Crippen LogP contribution in [0.5, 0.6) is 11.5 Å². The Bertz CT molecular complexity index is 991. The molecule has 152 valence electrons. The van der Waals surface area contributed by atoms with E-state index in [0.717, 1.165) is 34.8 Å². The lowest BCUT2D eigenvalue weighted by Gasteiger charge is -2.11. The summed E-state index contributed by atoms with van der Waals surface area (Å²) in [5, 5.41) is 2.89. The van der Waals surface area contributed by atoms with Crippen LogP contribution in [0.4, 0.5) is 5.69 Å². The molecule has 1 aliphatic heterocycles. The molecule has 1 amide bonds. The predicted molar refractivity (Wildman–Crippen MR) is 111 cm³/mol. The maximum absolute atomic E-state index is 12.3. The lowest BCUT2D eigenvalue weighted by molar-refractivity contribution is -0.902. The van der Waals surface area contributed by atoms with Crippen molar-refractivity contribution in [3.8, 4) is 11.5 Å². The number of amides is 1. The van der Waals surface area contributed by atoms with Gasteiger partial charge < -0.3 is 24.3 Å². The quantitative estimate of drug-likeness (QED) is 0.640. The van der Waals surface area contributed by atoms with Gasteiger partial charge >= 0.3 is 0 Å². The first-order chi connectivity index (χ1) is 14.1. The topological polar surface area (TPSA) is 69.8 Å². The van der Waals surface area contributed by atoms with Gasteiger partial charge in [-0.1, -0.05) is 0 Å². The molecule has 2 heterocycles. The number of quaternary nitrogens is 1. The molecular formula is C22H27N4O3+. The van der Waals surface area contributed by atoms with E-state index >= 15 is 0 Å². The number of methoxy groups -OCH3 is 1. The van der Waals surface area contributed by atoms with Crippen molar-refractivity contribution in [3.63, 3.8) is 0 Å². The Morgan fingerprint density at radius 1 is 1.14 bits per heavy atom. The molecule has 29 heavy (non-hydrogen) atoms. The van der Waals surface area contributed by atoms with Crippen LogP contribution in [0.2, 0.25) is 0 Å². The Morgan fingerprint density at radius 3 is 2.59 bits per heavy atom. The number of fused-ring (bicyclic) bond motifs is 1. The van der Waals surface area contributed by atoms with Gasteiger partial charge in [0.05, 0.1) is 31.2 Å². The molecule has 1 saturated heterocycles. The number of rotatable bonds is 7. The number of carbonyl (C=O) groups is 1. The molecule has 0 bridgehead atoms. The molecule has 0 unspecified atom stereocenters. The Morgan fingerprint density at radius 2 is 1.86 bits per heavy atom. The number of nitrogens with zero attached hydrogens (tertiary/aromatic N) is 2. The average Bonchev–Trinajstić information content (AvgIpc) is 3.35. The van der Waals surface area contributed by atoms with Crippen LogP contribution < -0.4 is 19.7 Å². The van der Waals surface area contributed by atoms with E-state index in [4.69, 9.17) is 14.5 Å². The maximum atomic E-state index is 12.3. The molecule has 0 atom stereocenters. The summed E-state index contributed by atoms with van der Waals surface area (Å²) in [6.45, 7) is 3.33. The van der Waals surface area contributed by atoms with E-state index < -0.39 is 0 Å². The van der Waals surface area contributed by atoms with Crippen molar-refractivity contribution < 1.29 is 19.2 Å². The highest BCUT2D eigenvalue weighted by Crippen LogP contribution is 2.20. The van der Waals surface area contributed by atoms with Gasteiger partial charge in [0.15, 0.2) is 12.4 Å². The van der Waals surface area contributed by atoms with Gasteiger partial charge in [0.1, 0.15) is 18.0 Å². The molecule has 0 saturated carbocycles. The summed E-state index contributed by atoms with van der Waals surface area (Å²) in [7, 11) is 3.67. The summed E-state index contributed by atoms with van der Waals surface area (Å²) < 4.78 is 12.8. The van der Waals surface area contributed by atoms with Crippen molar-refractivity contribution in [2.24, 2.45) is 7.05 Å². The molecule has 2 aromatic carbocycles. The third-order valence-corrected chi connectivity index (χ3v) is 5.41. The summed E-state index contributed by atoms with van der Waals surface area (Å²) in [5.41, 5.74) is 2.69. The fourth-order valence-corrected chi connectivity index (χ4v) is 3.78. The summed E-state index contributed by atoms with van der Waals surface area (Å²) in [4.78, 5) is 18.6. The second-order valence-electron chi connectivity index (χ2n) is 7.44. The van der Waals surface area contributed by atoms with E-state index in [0.29, 0.717) is 5.75 Å². The molecule has 0 spiro atoms. The molecule has 1 aromatic heterocycles. The minimum atomic E-state index is -0.210. The largest absolute Gasteiger partial charge is 0.497 e. The van der Waals surface area contributed by atoms with E-state index in [1.807, 2.05) is 18.2 Å². The first-order valence-corrected chi connectivity index (χ1v) is 9.98. The smallest absolute Gasteiger partial charge is 0.262 e. The normalized spacial score (nSPS) is 14.3. The van der Waals surface area contributed by atoms with Crippen molar-refractivity contribution in [2.75, 3.05) is 32.1 Å². The summed E-state index contributed by atoms with van der Waals surface area (Å²) in [6.07, 6.45) is 2.60. The lowest BCUT2D eigenvalue weighted by Crippen LogP contribution is -3.08. The van der Waals surface area contributed by atoms with Crippen molar-refractivity contribution in [1.82, 2.24) is 9.55 Å². The van der Waals surface area contributed by atoms with Crippen LogP contribution >= 0.6 is 0 Å². The number of ether oxygens (including phenoxy) is 2. The number of imidazole rings is 1. The van der Waals surface area contributed by atoms with Crippen molar-refractivity contribution in [1.29, 1.82) is 0 Å². The van der Waals surface area contributed by atoms with Crippen LogP contribution in [0.1, 0.15) is 18.7 Å². The number of anilines is 1. The number of aromatic nitrogens is 2. The number of hydrogen-bond donors (Lipinski definition) is 2. The van der Waals surface area contributed by atoms with Gasteiger partial charge in [-0.2, -0.15) is 0 Å². The fourth-order valence-electron chi connectivity index (χ4n) is 3.78. The van der Waals surface area contributed by atoms with E-state index in [1.54, 1.807) is 36.3 Å². The second-order valence-corrected chi connectivity index (χ2v) is 7.44. The van der Waals surface area contributed by atoms with Crippen molar-refractivity contribution in [3.05, 3.63) is 48.3 Å². The van der Waals surface area contributed by atoms with Crippen LogP contribution in [0, 0.1) is 0 Å². The standard InChI is InChI=1S/C22H26N4O3/c1-25-20-10-5-16(13-19(20)24-21(25)14-26-11-3-4-12-26)23-22(27)15-29-18-8-6-17(28-2)7-9-18/h5-10,13H,3-4,11-12,14-15H2,1-2H3,(H,23,27)/p+1. The molecule has 0 aliphatic carbocycles. The number of carbonyl (C=O) groups excluding carboxylic acids is 1. The molecule has 4 rings (SSSR count). The zero-order chi connectivity index (χ0) is 20.2. The minimum Gasteiger partial charge on any atom is -0.497 e. The van der Waals surface area contributed by atoms with Gasteiger partial charge in [-0.15, -0.1) is 0 Å². The number of benzene rings is 2. The van der Waals surface area contributed by atoms with Crippen LogP contribution in [0.15, 0.2) is 42.5 Å². The van der Waals surface area contributed by atoms with Crippen molar-refractivity contribution >= 4 is 22.6 Å². The molecule has 7 heteroatoms. The monoisotopic (exact) mass is 395 g/mol. The van der Waals surface area contributed by atoms with Crippen LogP contribution in [-0.4, -0.2) is 42.3 Å². The highest BCUT2D eigenvalue weighted by atomic mass is 16.5. The second kappa shape index (κ2) is 8.53. The zero-order valence-corrected chi connectivity index (χ0v) is 16.9. The third-order valence-electron chi connectivity index (χ3n) is 5.41. The maximum Gasteiger partial charge on any atom is 0.262 e. The summed E-state index contributed by atoms with van der Waals surface area (Å²) in [6, 6.07) is 13.0. The first-order valence-electron chi connectivity index (χ1n) is 9.98. The SMILES string of the molecule is COc1ccc(OCC(=O)Nc2ccc3c(c2)nc(C[NH+]2CCCC2)n3C)cc1. The molecule has 1 fully saturated rings. The van der Waals surface area contributed by atoms with Crippen LogP contribution in [0.25, 0.3) is 11.0 Å². The highest BCUT2D eigenvalue weighted by Gasteiger charge is 2.19. The lowest BCUT2D eigenvalue weighted by atomic mass is 10.2. The van der Waals surface area contributed by atoms with E-state index in [9.17, 15) is 4.79 Å². The van der Waals surface area contributed by atoms with Crippen LogP contribution in [0.3, 0.4) is 0 Å². The van der Waals surface area contributed by atoms with Gasteiger partial charge in [0.25, 0.3) is 5.91 Å². The zero-order valence-electron chi connectivity index (χ0n) is 16.9. The predicted octanol–water partition coefficient (Wildman–Crippen LogP) is 1.78. The molecular weight excluding hydrogens is 368 g/mol. The molecule has 2 N–H and O–H groups in total. The number of likely N-dealkylation sites (tertiary alicyclic amines) is 1. The van der Waals surface area contributed by atoms with Gasteiger partial charge in [-0.05, 0) is 42.5 Å². The molecule has 7 nitrogen and oxygen atoms in total. The Balaban J connectivity index is 1.38. The Hall–Kier alpha value is -3.06. The van der Waals surface area contributed by atoms with Gasteiger partial charge in [0, 0.05) is 25.6 Å². The Labute approximate surface area is 170 Å². The van der Waals surface area contributed by atoms with E-state index in [2.05, 4.69) is 16.9 Å². The number of nitrogens with one attached hydrogen (secondary N) is 2. The number of aryl methyl sites for hydroxylation is 1. The van der Waals surface area contributed by atoms with Crippen molar-refractivity contribution in [2.45, 2.75) is 19.4 Å². The van der Waals surface area contributed by atoms with Crippen LogP contribution in [-0.2, 0) is 18.4 Å². The first kappa shape index (κ1) is 19.3. The highest BCUT2D eigenvalue weighted by molar-refractivity contribution is 5.94. The summed E-state index contributed by atoms with van der Waals surface area (Å²) >= 11 is 0. The van der Waals surface area contributed by atoms with Gasteiger partial charge in [0.2, 0.25) is 0 Å². The Kier molecular flexibility index (Phi) is 5.67. The van der Waals surface area contributed by atoms with E-state index in [1.165, 1.54) is 25.9 Å². The van der Waals surface area contributed by atoms with Gasteiger partial charge in [-0.25, -0.2) is 4.98 Å². The minimum absolute atomic E-state index is 0.0594. The third kappa shape index (κ3) is 4.51. The molecule has 0 radical (unpaired) electrons. The average molecular weight is 395 g/mol. The molecule has 1 aliphatic rings. The van der Waals surface area contributed by atoms with Gasteiger partial charge in [-0.3, -0.25) is 4.79 Å². The molecule has 3 aromatic rings. The fraction of sp³-hybridized carbons (Fsp3) is 0.364.